The molecule has 1 aliphatic heterocycles. The molecule has 0 aliphatic carbocycles. The van der Waals surface area contributed by atoms with E-state index in [1.54, 1.807) is 23.1 Å². The van der Waals surface area contributed by atoms with Gasteiger partial charge in [-0.15, -0.1) is 11.3 Å². The molecule has 2 heterocycles. The van der Waals surface area contributed by atoms with Crippen LogP contribution in [0.15, 0.2) is 48.2 Å². The molecule has 4 rings (SSSR count). The Morgan fingerprint density at radius 3 is 2.71 bits per heavy atom. The van der Waals surface area contributed by atoms with Crippen molar-refractivity contribution in [3.63, 3.8) is 0 Å². The van der Waals surface area contributed by atoms with Gasteiger partial charge in [-0.2, -0.15) is 0 Å². The zero-order chi connectivity index (χ0) is 16.8. The molecule has 0 saturated carbocycles. The molecule has 0 fully saturated rings. The van der Waals surface area contributed by atoms with Gasteiger partial charge in [0.25, 0.3) is 0 Å². The average Bonchev–Trinajstić information content (AvgIpc) is 3.08. The van der Waals surface area contributed by atoms with Crippen LogP contribution in [0.3, 0.4) is 0 Å². The van der Waals surface area contributed by atoms with E-state index in [0.29, 0.717) is 26.3 Å². The van der Waals surface area contributed by atoms with E-state index in [9.17, 15) is 5.11 Å². The number of rotatable bonds is 2. The smallest absolute Gasteiger partial charge is 0.139 e. The molecular weight excluding hydrogens is 365 g/mol. The molecule has 3 aromatic rings. The molecule has 0 spiro atoms. The van der Waals surface area contributed by atoms with Gasteiger partial charge in [0.2, 0.25) is 0 Å². The second kappa shape index (κ2) is 5.77. The van der Waals surface area contributed by atoms with Crippen molar-refractivity contribution < 1.29 is 5.11 Å². The molecule has 4 nitrogen and oxygen atoms in total. The molecule has 0 atom stereocenters. The minimum atomic E-state index is 0.116. The van der Waals surface area contributed by atoms with Crippen molar-refractivity contribution in [2.45, 2.75) is 0 Å². The molecule has 0 bridgehead atoms. The highest BCUT2D eigenvalue weighted by molar-refractivity contribution is 7.19. The fourth-order valence-electron chi connectivity index (χ4n) is 2.69. The third kappa shape index (κ3) is 2.45. The fourth-order valence-corrected chi connectivity index (χ4v) is 4.23. The first-order valence-corrected chi connectivity index (χ1v) is 8.71. The predicted octanol–water partition coefficient (Wildman–Crippen LogP) is 5.37. The average molecular weight is 376 g/mol. The molecule has 0 unspecified atom stereocenters. The maximum Gasteiger partial charge on any atom is 0.139 e. The molecule has 0 saturated heterocycles. The summed E-state index contributed by atoms with van der Waals surface area (Å²) in [5.74, 6) is 0.292. The predicted molar refractivity (Wildman–Crippen MR) is 101 cm³/mol. The highest BCUT2D eigenvalue weighted by Gasteiger charge is 2.32. The van der Waals surface area contributed by atoms with Crippen molar-refractivity contribution in [2.75, 3.05) is 11.4 Å². The quantitative estimate of drug-likeness (QED) is 0.632. The van der Waals surface area contributed by atoms with E-state index >= 15 is 0 Å². The first-order valence-electron chi connectivity index (χ1n) is 7.14. The summed E-state index contributed by atoms with van der Waals surface area (Å²) >= 11 is 13.6. The Morgan fingerprint density at radius 2 is 1.96 bits per heavy atom. The number of fused-ring (bicyclic) bond motifs is 1. The Labute approximate surface area is 152 Å². The second-order valence-electron chi connectivity index (χ2n) is 5.34. The van der Waals surface area contributed by atoms with Crippen LogP contribution in [0, 0.1) is 5.41 Å². The molecule has 7 heteroatoms. The van der Waals surface area contributed by atoms with E-state index in [0.717, 1.165) is 10.2 Å². The van der Waals surface area contributed by atoms with Crippen LogP contribution in [-0.4, -0.2) is 22.5 Å². The van der Waals surface area contributed by atoms with Crippen LogP contribution in [0.2, 0.25) is 10.0 Å². The van der Waals surface area contributed by atoms with Gasteiger partial charge in [-0.05, 0) is 30.3 Å². The Balaban J connectivity index is 1.75. The number of nitrogens with one attached hydrogen (secondary N) is 1. The van der Waals surface area contributed by atoms with E-state index in [4.69, 9.17) is 28.6 Å². The summed E-state index contributed by atoms with van der Waals surface area (Å²) in [6, 6.07) is 12.8. The molecule has 0 amide bonds. The molecule has 0 radical (unpaired) electrons. The first-order chi connectivity index (χ1) is 11.5. The highest BCUT2D eigenvalue weighted by atomic mass is 35.5. The SMILES string of the molecule is N=C1C(c2nc3ccccc3s2)=C(O)CN1c1ccc(Cl)cc1Cl. The largest absolute Gasteiger partial charge is 0.510 e. The van der Waals surface area contributed by atoms with Crippen molar-refractivity contribution in [3.8, 4) is 0 Å². The van der Waals surface area contributed by atoms with Crippen LogP contribution in [0.5, 0.6) is 0 Å². The van der Waals surface area contributed by atoms with Crippen molar-refractivity contribution in [3.05, 3.63) is 63.3 Å². The standard InChI is InChI=1S/C17H11Cl2N3OS/c18-9-5-6-12(10(19)7-9)22-8-13(23)15(16(22)20)17-21-11-3-1-2-4-14(11)24-17/h1-7,20,23H,8H2. The van der Waals surface area contributed by atoms with E-state index < -0.39 is 0 Å². The lowest BCUT2D eigenvalue weighted by Gasteiger charge is -2.20. The number of hydrogen-bond acceptors (Lipinski definition) is 4. The lowest BCUT2D eigenvalue weighted by molar-refractivity contribution is 0.411. The number of aliphatic hydroxyl groups is 1. The molecule has 1 aromatic heterocycles. The normalized spacial score (nSPS) is 14.9. The number of halogens is 2. The summed E-state index contributed by atoms with van der Waals surface area (Å²) in [6.07, 6.45) is 0. The van der Waals surface area contributed by atoms with E-state index in [2.05, 4.69) is 4.98 Å². The van der Waals surface area contributed by atoms with Gasteiger partial charge in [0, 0.05) is 5.02 Å². The fraction of sp³-hybridized carbons (Fsp3) is 0.0588. The third-order valence-electron chi connectivity index (χ3n) is 3.81. The number of aromatic nitrogens is 1. The number of para-hydroxylation sites is 1. The van der Waals surface area contributed by atoms with Crippen LogP contribution in [0.25, 0.3) is 15.8 Å². The molecular formula is C17H11Cl2N3OS. The lowest BCUT2D eigenvalue weighted by atomic mass is 10.2. The van der Waals surface area contributed by atoms with Gasteiger partial charge in [-0.1, -0.05) is 35.3 Å². The number of benzene rings is 2. The lowest BCUT2D eigenvalue weighted by Crippen LogP contribution is -2.26. The third-order valence-corrected chi connectivity index (χ3v) is 5.40. The number of anilines is 1. The van der Waals surface area contributed by atoms with Gasteiger partial charge in [-0.25, -0.2) is 4.98 Å². The summed E-state index contributed by atoms with van der Waals surface area (Å²) in [5.41, 5.74) is 1.93. The van der Waals surface area contributed by atoms with Gasteiger partial charge in [0.05, 0.1) is 33.0 Å². The van der Waals surface area contributed by atoms with Gasteiger partial charge >= 0.3 is 0 Å². The van der Waals surface area contributed by atoms with E-state index in [1.807, 2.05) is 24.3 Å². The van der Waals surface area contributed by atoms with Crippen molar-refractivity contribution >= 4 is 61.9 Å². The highest BCUT2D eigenvalue weighted by Crippen LogP contribution is 2.37. The van der Waals surface area contributed by atoms with Crippen LogP contribution in [0.1, 0.15) is 5.01 Å². The van der Waals surface area contributed by atoms with Crippen molar-refractivity contribution in [2.24, 2.45) is 0 Å². The van der Waals surface area contributed by atoms with Crippen molar-refractivity contribution in [1.29, 1.82) is 5.41 Å². The molecule has 120 valence electrons. The zero-order valence-corrected chi connectivity index (χ0v) is 14.6. The Bertz CT molecular complexity index is 979. The summed E-state index contributed by atoms with van der Waals surface area (Å²) in [5, 5.41) is 20.5. The Kier molecular flexibility index (Phi) is 3.72. The maximum atomic E-state index is 10.4. The van der Waals surface area contributed by atoms with E-state index in [-0.39, 0.29) is 18.1 Å². The summed E-state index contributed by atoms with van der Waals surface area (Å²) < 4.78 is 1.02. The van der Waals surface area contributed by atoms with Crippen LogP contribution < -0.4 is 4.90 Å². The minimum Gasteiger partial charge on any atom is -0.510 e. The van der Waals surface area contributed by atoms with Gasteiger partial charge in [0.15, 0.2) is 0 Å². The molecule has 2 aromatic carbocycles. The Morgan fingerprint density at radius 1 is 1.17 bits per heavy atom. The zero-order valence-electron chi connectivity index (χ0n) is 12.3. The maximum absolute atomic E-state index is 10.4. The summed E-state index contributed by atoms with van der Waals surface area (Å²) in [6.45, 7) is 0.186. The monoisotopic (exact) mass is 375 g/mol. The second-order valence-corrected chi connectivity index (χ2v) is 7.21. The van der Waals surface area contributed by atoms with Gasteiger partial charge in [0.1, 0.15) is 16.6 Å². The van der Waals surface area contributed by atoms with Crippen molar-refractivity contribution in [1.82, 2.24) is 4.98 Å². The first kappa shape index (κ1) is 15.4. The number of nitrogens with zero attached hydrogens (tertiary/aromatic N) is 2. The Hall–Kier alpha value is -2.08. The van der Waals surface area contributed by atoms with Gasteiger partial charge < -0.3 is 10.0 Å². The van der Waals surface area contributed by atoms with Crippen LogP contribution >= 0.6 is 34.5 Å². The minimum absolute atomic E-state index is 0.116. The number of aliphatic hydroxyl groups excluding tert-OH is 1. The molecule has 2 N–H and O–H groups in total. The van der Waals surface area contributed by atoms with E-state index in [1.165, 1.54) is 11.3 Å². The summed E-state index contributed by atoms with van der Waals surface area (Å²) in [4.78, 5) is 6.19. The topological polar surface area (TPSA) is 60.2 Å². The van der Waals surface area contributed by atoms with Gasteiger partial charge in [-0.3, -0.25) is 5.41 Å². The van der Waals surface area contributed by atoms with Crippen LogP contribution in [-0.2, 0) is 0 Å². The number of hydrogen-bond donors (Lipinski definition) is 2. The number of amidine groups is 1. The number of thiazole rings is 1. The molecule has 24 heavy (non-hydrogen) atoms. The van der Waals surface area contributed by atoms with Crippen LogP contribution in [0.4, 0.5) is 5.69 Å². The summed E-state index contributed by atoms with van der Waals surface area (Å²) in [7, 11) is 0. The molecule has 1 aliphatic rings.